The first-order chi connectivity index (χ1) is 12.2. The van der Waals surface area contributed by atoms with Gasteiger partial charge in [0.1, 0.15) is 10.8 Å². The van der Waals surface area contributed by atoms with E-state index in [1.165, 1.54) is 0 Å². The van der Waals surface area contributed by atoms with E-state index in [4.69, 9.17) is 16.6 Å². The molecule has 2 N–H and O–H groups in total. The van der Waals surface area contributed by atoms with Crippen molar-refractivity contribution in [3.63, 3.8) is 0 Å². The molecule has 0 fully saturated rings. The highest BCUT2D eigenvalue weighted by Crippen LogP contribution is 2.34. The summed E-state index contributed by atoms with van der Waals surface area (Å²) in [4.78, 5) is 5.84. The summed E-state index contributed by atoms with van der Waals surface area (Å²) in [6, 6.07) is 20.0. The summed E-state index contributed by atoms with van der Waals surface area (Å²) in [6.45, 7) is 1.96. The minimum Gasteiger partial charge on any atom is -0.323 e. The first kappa shape index (κ1) is 16.0. The topological polar surface area (TPSA) is 53.6 Å². The zero-order chi connectivity index (χ0) is 17.2. The molecule has 0 amide bonds. The molecule has 2 aromatic carbocycles. The minimum absolute atomic E-state index is 0.718. The maximum Gasteiger partial charge on any atom is 0.153 e. The van der Waals surface area contributed by atoms with Gasteiger partial charge < -0.3 is 5.32 Å². The smallest absolute Gasteiger partial charge is 0.153 e. The van der Waals surface area contributed by atoms with Crippen LogP contribution in [0.3, 0.4) is 0 Å². The Morgan fingerprint density at radius 3 is 2.68 bits per heavy atom. The van der Waals surface area contributed by atoms with Gasteiger partial charge in [-0.2, -0.15) is 5.10 Å². The number of benzene rings is 2. The fourth-order valence-electron chi connectivity index (χ4n) is 2.56. The monoisotopic (exact) mass is 366 g/mol. The average Bonchev–Trinajstić information content (AvgIpc) is 3.00. The minimum atomic E-state index is 0.718. The molecular formula is C19H15ClN4S. The normalized spacial score (nSPS) is 11.0. The highest BCUT2D eigenvalue weighted by atomic mass is 35.5. The zero-order valence-corrected chi connectivity index (χ0v) is 15.0. The predicted octanol–water partition coefficient (Wildman–Crippen LogP) is 5.81. The van der Waals surface area contributed by atoms with Crippen molar-refractivity contribution < 1.29 is 0 Å². The zero-order valence-electron chi connectivity index (χ0n) is 13.5. The number of hydrogen-bond donors (Lipinski definition) is 2. The van der Waals surface area contributed by atoms with Crippen LogP contribution < -0.4 is 5.32 Å². The summed E-state index contributed by atoms with van der Waals surface area (Å²) in [7, 11) is 0. The summed E-state index contributed by atoms with van der Waals surface area (Å²) in [6.07, 6.45) is 0. The van der Waals surface area contributed by atoms with E-state index in [0.29, 0.717) is 0 Å². The third-order valence-electron chi connectivity index (χ3n) is 3.68. The number of anilines is 2. The molecule has 0 radical (unpaired) electrons. The number of nitrogens with zero attached hydrogens (tertiary/aromatic N) is 2. The fraction of sp³-hybridized carbons (Fsp3) is 0.0526. The largest absolute Gasteiger partial charge is 0.323 e. The Labute approximate surface area is 154 Å². The van der Waals surface area contributed by atoms with Crippen molar-refractivity contribution in [2.45, 2.75) is 16.8 Å². The van der Waals surface area contributed by atoms with E-state index >= 15 is 0 Å². The molecule has 0 spiro atoms. The van der Waals surface area contributed by atoms with Crippen molar-refractivity contribution in [1.82, 2.24) is 15.2 Å². The van der Waals surface area contributed by atoms with E-state index in [0.717, 1.165) is 43.0 Å². The van der Waals surface area contributed by atoms with Crippen LogP contribution in [-0.4, -0.2) is 15.2 Å². The Kier molecular flexibility index (Phi) is 4.34. The maximum absolute atomic E-state index is 6.11. The molecule has 0 aliphatic rings. The molecule has 6 heteroatoms. The van der Waals surface area contributed by atoms with Gasteiger partial charge in [-0.3, -0.25) is 5.10 Å². The van der Waals surface area contributed by atoms with Crippen LogP contribution in [0.25, 0.3) is 10.8 Å². The fourth-order valence-corrected chi connectivity index (χ4v) is 3.81. The maximum atomic E-state index is 6.11. The molecule has 0 bridgehead atoms. The molecule has 124 valence electrons. The summed E-state index contributed by atoms with van der Waals surface area (Å²) >= 11 is 7.71. The van der Waals surface area contributed by atoms with Crippen LogP contribution in [0.4, 0.5) is 11.6 Å². The number of nitrogens with one attached hydrogen (secondary N) is 2. The van der Waals surface area contributed by atoms with Gasteiger partial charge >= 0.3 is 0 Å². The highest BCUT2D eigenvalue weighted by Gasteiger charge is 2.09. The van der Waals surface area contributed by atoms with Crippen molar-refractivity contribution in [2.75, 3.05) is 5.32 Å². The van der Waals surface area contributed by atoms with E-state index in [2.05, 4.69) is 27.6 Å². The Balaban J connectivity index is 1.75. The van der Waals surface area contributed by atoms with Crippen LogP contribution in [0.1, 0.15) is 5.69 Å². The standard InChI is InChI=1S/C19H15ClN4S/c1-12-9-18(24-23-12)21-17-10-13-5-2-3-8-16(13)19(22-17)25-15-7-4-6-14(20)11-15/h2-11H,1H3,(H2,21,22,23,24). The van der Waals surface area contributed by atoms with Crippen LogP contribution in [0.5, 0.6) is 0 Å². The second-order valence-electron chi connectivity index (χ2n) is 5.65. The summed E-state index contributed by atoms with van der Waals surface area (Å²) < 4.78 is 0. The Hall–Kier alpha value is -2.50. The van der Waals surface area contributed by atoms with Crippen LogP contribution in [0, 0.1) is 6.92 Å². The molecule has 4 rings (SSSR count). The molecule has 0 aliphatic heterocycles. The number of H-pyrrole nitrogens is 1. The van der Waals surface area contributed by atoms with Crippen LogP contribution in [0.2, 0.25) is 5.02 Å². The molecule has 0 aliphatic carbocycles. The van der Waals surface area contributed by atoms with Crippen molar-refractivity contribution >= 4 is 45.8 Å². The number of halogens is 1. The summed E-state index contributed by atoms with van der Waals surface area (Å²) in [5, 5.41) is 14.3. The van der Waals surface area contributed by atoms with Crippen LogP contribution >= 0.6 is 23.4 Å². The predicted molar refractivity (Wildman–Crippen MR) is 104 cm³/mol. The quantitative estimate of drug-likeness (QED) is 0.478. The van der Waals surface area contributed by atoms with E-state index in [1.807, 2.05) is 55.5 Å². The van der Waals surface area contributed by atoms with Gasteiger partial charge in [0.2, 0.25) is 0 Å². The number of pyridine rings is 1. The molecule has 0 saturated heterocycles. The molecule has 2 aromatic heterocycles. The second-order valence-corrected chi connectivity index (χ2v) is 7.15. The number of hydrogen-bond acceptors (Lipinski definition) is 4. The van der Waals surface area contributed by atoms with Crippen molar-refractivity contribution in [3.8, 4) is 0 Å². The number of aromatic amines is 1. The van der Waals surface area contributed by atoms with E-state index < -0.39 is 0 Å². The second kappa shape index (κ2) is 6.78. The molecule has 2 heterocycles. The number of fused-ring (bicyclic) bond motifs is 1. The molecular weight excluding hydrogens is 352 g/mol. The van der Waals surface area contributed by atoms with Gasteiger partial charge in [-0.1, -0.05) is 53.7 Å². The third-order valence-corrected chi connectivity index (χ3v) is 4.91. The van der Waals surface area contributed by atoms with Gasteiger partial charge in [-0.25, -0.2) is 4.98 Å². The van der Waals surface area contributed by atoms with Crippen LogP contribution in [0.15, 0.2) is 70.6 Å². The number of rotatable bonds is 4. The SMILES string of the molecule is Cc1cc(Nc2cc3ccccc3c(Sc3cccc(Cl)c3)n2)n[nH]1. The van der Waals surface area contributed by atoms with Crippen molar-refractivity contribution in [1.29, 1.82) is 0 Å². The van der Waals surface area contributed by atoms with Crippen molar-refractivity contribution in [2.24, 2.45) is 0 Å². The Morgan fingerprint density at radius 1 is 1.00 bits per heavy atom. The molecule has 0 atom stereocenters. The molecule has 4 aromatic rings. The van der Waals surface area contributed by atoms with Crippen LogP contribution in [-0.2, 0) is 0 Å². The van der Waals surface area contributed by atoms with Crippen molar-refractivity contribution in [3.05, 3.63) is 71.4 Å². The lowest BCUT2D eigenvalue weighted by Crippen LogP contribution is -1.96. The van der Waals surface area contributed by atoms with Gasteiger partial charge in [0, 0.05) is 27.1 Å². The molecule has 4 nitrogen and oxygen atoms in total. The Bertz CT molecular complexity index is 1040. The first-order valence-corrected chi connectivity index (χ1v) is 8.99. The van der Waals surface area contributed by atoms with Gasteiger partial charge in [-0.15, -0.1) is 0 Å². The number of aryl methyl sites for hydroxylation is 1. The number of aromatic nitrogens is 3. The third kappa shape index (κ3) is 3.62. The highest BCUT2D eigenvalue weighted by molar-refractivity contribution is 7.99. The lowest BCUT2D eigenvalue weighted by Gasteiger charge is -2.10. The Morgan fingerprint density at radius 2 is 1.88 bits per heavy atom. The lowest BCUT2D eigenvalue weighted by atomic mass is 10.2. The summed E-state index contributed by atoms with van der Waals surface area (Å²) in [5.41, 5.74) is 0.997. The molecule has 25 heavy (non-hydrogen) atoms. The molecule has 0 saturated carbocycles. The molecule has 0 unspecified atom stereocenters. The lowest BCUT2D eigenvalue weighted by molar-refractivity contribution is 1.04. The van der Waals surface area contributed by atoms with Gasteiger partial charge in [-0.05, 0) is 36.6 Å². The van der Waals surface area contributed by atoms with Gasteiger partial charge in [0.25, 0.3) is 0 Å². The average molecular weight is 367 g/mol. The first-order valence-electron chi connectivity index (χ1n) is 7.80. The summed E-state index contributed by atoms with van der Waals surface area (Å²) in [5.74, 6) is 1.51. The van der Waals surface area contributed by atoms with Gasteiger partial charge in [0.15, 0.2) is 5.82 Å². The van der Waals surface area contributed by atoms with E-state index in [1.54, 1.807) is 11.8 Å². The van der Waals surface area contributed by atoms with E-state index in [9.17, 15) is 0 Å². The van der Waals surface area contributed by atoms with Gasteiger partial charge in [0.05, 0.1) is 0 Å². The van der Waals surface area contributed by atoms with E-state index in [-0.39, 0.29) is 0 Å².